The van der Waals surface area contributed by atoms with Crippen LogP contribution in [-0.2, 0) is 9.84 Å². The molecule has 7 nitrogen and oxygen atoms in total. The Bertz CT molecular complexity index is 1270. The van der Waals surface area contributed by atoms with E-state index in [9.17, 15) is 18.0 Å². The zero-order valence-corrected chi connectivity index (χ0v) is 19.3. The van der Waals surface area contributed by atoms with E-state index in [0.717, 1.165) is 6.26 Å². The maximum atomic E-state index is 12.7. The summed E-state index contributed by atoms with van der Waals surface area (Å²) in [7, 11) is -3.19. The predicted molar refractivity (Wildman–Crippen MR) is 126 cm³/mol. The molecule has 0 aliphatic heterocycles. The first-order chi connectivity index (χ1) is 15.1. The third-order valence-corrected chi connectivity index (χ3v) is 5.99. The summed E-state index contributed by atoms with van der Waals surface area (Å²) in [6, 6.07) is 14.7. The van der Waals surface area contributed by atoms with Gasteiger partial charge in [-0.3, -0.25) is 14.6 Å². The molecule has 0 atom stereocenters. The fraction of sp³-hybridized carbons (Fsp3) is 0.136. The second kappa shape index (κ2) is 10.1. The van der Waals surface area contributed by atoms with E-state index in [1.165, 1.54) is 18.2 Å². The molecule has 0 fully saturated rings. The van der Waals surface area contributed by atoms with Crippen molar-refractivity contribution in [2.45, 2.75) is 0 Å². The Morgan fingerprint density at radius 2 is 1.75 bits per heavy atom. The molecule has 166 valence electrons. The Morgan fingerprint density at radius 1 is 0.969 bits per heavy atom. The maximum Gasteiger partial charge on any atom is 0.257 e. The van der Waals surface area contributed by atoms with Gasteiger partial charge >= 0.3 is 0 Å². The number of carbonyl (C=O) groups excluding carboxylic acids is 2. The highest BCUT2D eigenvalue weighted by Crippen LogP contribution is 2.29. The van der Waals surface area contributed by atoms with Crippen LogP contribution in [-0.4, -0.2) is 43.8 Å². The molecule has 2 N–H and O–H groups in total. The number of hydrogen-bond donors (Lipinski definition) is 2. The van der Waals surface area contributed by atoms with E-state index < -0.39 is 21.7 Å². The lowest BCUT2D eigenvalue weighted by Crippen LogP contribution is -2.28. The minimum Gasteiger partial charge on any atom is -0.351 e. The van der Waals surface area contributed by atoms with Crippen molar-refractivity contribution in [2.24, 2.45) is 0 Å². The Hall–Kier alpha value is -2.94. The first-order valence-electron chi connectivity index (χ1n) is 9.42. The summed E-state index contributed by atoms with van der Waals surface area (Å²) >= 11 is 12.5. The van der Waals surface area contributed by atoms with Crippen molar-refractivity contribution >= 4 is 50.5 Å². The quantitative estimate of drug-likeness (QED) is 0.517. The molecular weight excluding hydrogens is 473 g/mol. The number of anilines is 1. The van der Waals surface area contributed by atoms with Crippen molar-refractivity contribution in [3.05, 3.63) is 82.0 Å². The summed E-state index contributed by atoms with van der Waals surface area (Å²) in [5.41, 5.74) is 2.21. The minimum atomic E-state index is -3.19. The molecule has 0 aliphatic rings. The molecule has 0 spiro atoms. The summed E-state index contributed by atoms with van der Waals surface area (Å²) in [5, 5.41) is 5.83. The van der Waals surface area contributed by atoms with Gasteiger partial charge in [0.25, 0.3) is 11.8 Å². The van der Waals surface area contributed by atoms with E-state index in [1.807, 2.05) is 12.1 Å². The van der Waals surface area contributed by atoms with E-state index in [-0.39, 0.29) is 28.4 Å². The van der Waals surface area contributed by atoms with Gasteiger partial charge in [0.15, 0.2) is 0 Å². The van der Waals surface area contributed by atoms with E-state index in [4.69, 9.17) is 23.2 Å². The zero-order chi connectivity index (χ0) is 23.3. The maximum absolute atomic E-state index is 12.7. The molecule has 0 radical (unpaired) electrons. The molecule has 32 heavy (non-hydrogen) atoms. The standard InChI is InChI=1S/C22H19Cl2N3O4S/c1-32(30,31)11-10-26-21(28)14-5-7-16(19(24)12-14)22(29)27-15-6-8-18(23)17(13-15)20-4-2-3-9-25-20/h2-9,12-13H,10-11H2,1H3,(H,26,28)(H,27,29). The van der Waals surface area contributed by atoms with Crippen molar-refractivity contribution in [1.82, 2.24) is 10.3 Å². The van der Waals surface area contributed by atoms with Gasteiger partial charge in [0.1, 0.15) is 9.84 Å². The van der Waals surface area contributed by atoms with Gasteiger partial charge in [-0.25, -0.2) is 8.42 Å². The molecule has 10 heteroatoms. The van der Waals surface area contributed by atoms with Crippen LogP contribution in [0.25, 0.3) is 11.3 Å². The fourth-order valence-electron chi connectivity index (χ4n) is 2.81. The second-order valence-corrected chi connectivity index (χ2v) is 10.0. The van der Waals surface area contributed by atoms with Crippen LogP contribution in [0.4, 0.5) is 5.69 Å². The van der Waals surface area contributed by atoms with E-state index >= 15 is 0 Å². The number of amides is 2. The minimum absolute atomic E-state index is 0.0211. The summed E-state index contributed by atoms with van der Waals surface area (Å²) in [5.74, 6) is -1.12. The van der Waals surface area contributed by atoms with Crippen LogP contribution in [0, 0.1) is 0 Å². The first kappa shape index (κ1) is 23.7. The van der Waals surface area contributed by atoms with Crippen LogP contribution in [0.2, 0.25) is 10.0 Å². The third-order valence-electron chi connectivity index (χ3n) is 4.40. The number of carbonyl (C=O) groups is 2. The molecule has 0 bridgehead atoms. The molecule has 2 amide bonds. The molecule has 0 saturated carbocycles. The molecule has 3 rings (SSSR count). The molecule has 2 aromatic carbocycles. The Labute approximate surface area is 195 Å². The van der Waals surface area contributed by atoms with Gasteiger partial charge in [0.05, 0.1) is 27.1 Å². The zero-order valence-electron chi connectivity index (χ0n) is 16.9. The molecule has 1 heterocycles. The van der Waals surface area contributed by atoms with Gasteiger partial charge in [-0.1, -0.05) is 29.3 Å². The van der Waals surface area contributed by atoms with Crippen molar-refractivity contribution in [2.75, 3.05) is 23.9 Å². The summed E-state index contributed by atoms with van der Waals surface area (Å²) in [6.07, 6.45) is 2.74. The van der Waals surface area contributed by atoms with Crippen molar-refractivity contribution < 1.29 is 18.0 Å². The SMILES string of the molecule is CS(=O)(=O)CCNC(=O)c1ccc(C(=O)Nc2ccc(Cl)c(-c3ccccn3)c2)c(Cl)c1. The molecule has 0 saturated heterocycles. The lowest BCUT2D eigenvalue weighted by atomic mass is 10.1. The number of aromatic nitrogens is 1. The Morgan fingerprint density at radius 3 is 2.41 bits per heavy atom. The number of halogens is 2. The van der Waals surface area contributed by atoms with Gasteiger partial charge in [0.2, 0.25) is 0 Å². The number of hydrogen-bond acceptors (Lipinski definition) is 5. The summed E-state index contributed by atoms with van der Waals surface area (Å²) < 4.78 is 22.3. The smallest absolute Gasteiger partial charge is 0.257 e. The van der Waals surface area contributed by atoms with Crippen molar-refractivity contribution in [1.29, 1.82) is 0 Å². The predicted octanol–water partition coefficient (Wildman–Crippen LogP) is 4.08. The lowest BCUT2D eigenvalue weighted by molar-refractivity contribution is 0.0954. The molecular formula is C22H19Cl2N3O4S. The topological polar surface area (TPSA) is 105 Å². The van der Waals surface area contributed by atoms with Crippen LogP contribution < -0.4 is 10.6 Å². The highest BCUT2D eigenvalue weighted by atomic mass is 35.5. The van der Waals surface area contributed by atoms with E-state index in [0.29, 0.717) is 22.0 Å². The molecule has 0 unspecified atom stereocenters. The van der Waals surface area contributed by atoms with Gasteiger partial charge in [0, 0.05) is 35.8 Å². The number of rotatable bonds is 7. The normalized spacial score (nSPS) is 11.1. The Kier molecular flexibility index (Phi) is 7.50. The largest absolute Gasteiger partial charge is 0.351 e. The van der Waals surface area contributed by atoms with Crippen molar-refractivity contribution in [3.63, 3.8) is 0 Å². The monoisotopic (exact) mass is 491 g/mol. The third kappa shape index (κ3) is 6.29. The summed E-state index contributed by atoms with van der Waals surface area (Å²) in [6.45, 7) is -0.0211. The number of nitrogens with one attached hydrogen (secondary N) is 2. The van der Waals surface area contributed by atoms with Gasteiger partial charge in [-0.05, 0) is 48.5 Å². The molecule has 0 aliphatic carbocycles. The highest BCUT2D eigenvalue weighted by molar-refractivity contribution is 7.90. The van der Waals surface area contributed by atoms with Gasteiger partial charge < -0.3 is 10.6 Å². The summed E-state index contributed by atoms with van der Waals surface area (Å²) in [4.78, 5) is 29.2. The second-order valence-electron chi connectivity index (χ2n) is 6.94. The number of benzene rings is 2. The first-order valence-corrected chi connectivity index (χ1v) is 12.2. The average Bonchev–Trinajstić information content (AvgIpc) is 2.74. The highest BCUT2D eigenvalue weighted by Gasteiger charge is 2.15. The molecule has 3 aromatic rings. The van der Waals surface area contributed by atoms with E-state index in [1.54, 1.807) is 30.5 Å². The number of nitrogens with zero attached hydrogens (tertiary/aromatic N) is 1. The van der Waals surface area contributed by atoms with Crippen LogP contribution in [0.5, 0.6) is 0 Å². The van der Waals surface area contributed by atoms with E-state index in [2.05, 4.69) is 15.6 Å². The average molecular weight is 492 g/mol. The van der Waals surface area contributed by atoms with Gasteiger partial charge in [-0.2, -0.15) is 0 Å². The lowest BCUT2D eigenvalue weighted by Gasteiger charge is -2.11. The van der Waals surface area contributed by atoms with Gasteiger partial charge in [-0.15, -0.1) is 0 Å². The molecule has 1 aromatic heterocycles. The van der Waals surface area contributed by atoms with Crippen LogP contribution in [0.15, 0.2) is 60.8 Å². The number of pyridine rings is 1. The Balaban J connectivity index is 1.73. The number of sulfone groups is 1. The van der Waals surface area contributed by atoms with Crippen LogP contribution >= 0.6 is 23.2 Å². The van der Waals surface area contributed by atoms with Crippen molar-refractivity contribution in [3.8, 4) is 11.3 Å². The van der Waals surface area contributed by atoms with Crippen LogP contribution in [0.3, 0.4) is 0 Å². The van der Waals surface area contributed by atoms with Crippen LogP contribution in [0.1, 0.15) is 20.7 Å². The fourth-order valence-corrected chi connectivity index (χ4v) is 3.77.